The van der Waals surface area contributed by atoms with Gasteiger partial charge in [-0.05, 0) is 66.1 Å². The lowest BCUT2D eigenvalue weighted by molar-refractivity contribution is 0.230. The Hall–Kier alpha value is -0.610. The summed E-state index contributed by atoms with van der Waals surface area (Å²) in [6, 6.07) is 2.99. The molecule has 2 N–H and O–H groups in total. The van der Waals surface area contributed by atoms with Crippen molar-refractivity contribution in [2.24, 2.45) is 11.7 Å². The number of nitrogens with two attached hydrogens (primary N) is 1. The van der Waals surface area contributed by atoms with Crippen molar-refractivity contribution in [1.29, 1.82) is 0 Å². The average Bonchev–Trinajstić information content (AvgIpc) is 3.07. The van der Waals surface area contributed by atoms with E-state index in [1.807, 2.05) is 0 Å². The van der Waals surface area contributed by atoms with Gasteiger partial charge in [0.25, 0.3) is 0 Å². The number of rotatable bonds is 4. The highest BCUT2D eigenvalue weighted by atomic mass is 79.9. The van der Waals surface area contributed by atoms with Crippen LogP contribution < -0.4 is 10.5 Å². The fourth-order valence-corrected chi connectivity index (χ4v) is 2.94. The Morgan fingerprint density at radius 2 is 2.11 bits per heavy atom. The van der Waals surface area contributed by atoms with Gasteiger partial charge >= 0.3 is 0 Å². The highest BCUT2D eigenvalue weighted by Crippen LogP contribution is 2.46. The quantitative estimate of drug-likeness (QED) is 0.919. The molecule has 0 spiro atoms. The number of hydrogen-bond donors (Lipinski definition) is 1. The van der Waals surface area contributed by atoms with E-state index in [0.717, 1.165) is 30.6 Å². The van der Waals surface area contributed by atoms with Crippen LogP contribution in [0.15, 0.2) is 16.6 Å². The van der Waals surface area contributed by atoms with E-state index >= 15 is 0 Å². The van der Waals surface area contributed by atoms with E-state index in [2.05, 4.69) is 15.9 Å². The van der Waals surface area contributed by atoms with E-state index < -0.39 is 5.54 Å². The van der Waals surface area contributed by atoms with Crippen molar-refractivity contribution in [3.8, 4) is 5.75 Å². The molecule has 98 valence electrons. The second-order valence-electron chi connectivity index (χ2n) is 5.53. The predicted molar refractivity (Wildman–Crippen MR) is 72.0 cm³/mol. The van der Waals surface area contributed by atoms with Gasteiger partial charge in [-0.3, -0.25) is 0 Å². The van der Waals surface area contributed by atoms with Crippen molar-refractivity contribution >= 4 is 15.9 Å². The van der Waals surface area contributed by atoms with Crippen LogP contribution in [0.2, 0.25) is 0 Å². The van der Waals surface area contributed by atoms with E-state index in [9.17, 15) is 4.39 Å². The van der Waals surface area contributed by atoms with Gasteiger partial charge in [0.05, 0.1) is 11.1 Å². The third-order valence-corrected chi connectivity index (χ3v) is 4.54. The van der Waals surface area contributed by atoms with Crippen LogP contribution in [0.3, 0.4) is 0 Å². The number of benzene rings is 1. The van der Waals surface area contributed by atoms with Crippen LogP contribution in [-0.4, -0.2) is 6.61 Å². The molecule has 0 radical (unpaired) electrons. The molecule has 0 atom stereocenters. The molecular weight excluding hydrogens is 297 g/mol. The first-order chi connectivity index (χ1) is 8.58. The summed E-state index contributed by atoms with van der Waals surface area (Å²) in [6.07, 6.45) is 5.39. The van der Waals surface area contributed by atoms with Crippen LogP contribution in [0, 0.1) is 11.7 Å². The Morgan fingerprint density at radius 1 is 1.39 bits per heavy atom. The average molecular weight is 314 g/mol. The number of ether oxygens (including phenoxy) is 1. The third-order valence-electron chi connectivity index (χ3n) is 3.95. The molecule has 1 aromatic carbocycles. The molecule has 2 nitrogen and oxygen atoms in total. The highest BCUT2D eigenvalue weighted by Gasteiger charge is 2.38. The van der Waals surface area contributed by atoms with Gasteiger partial charge in [-0.1, -0.05) is 0 Å². The Morgan fingerprint density at radius 3 is 2.67 bits per heavy atom. The second-order valence-corrected chi connectivity index (χ2v) is 6.38. The van der Waals surface area contributed by atoms with Crippen molar-refractivity contribution in [3.63, 3.8) is 0 Å². The Kier molecular flexibility index (Phi) is 3.10. The first kappa shape index (κ1) is 12.4. The molecule has 0 saturated heterocycles. The minimum absolute atomic E-state index is 0.257. The Bertz CT molecular complexity index is 469. The molecule has 0 aromatic heterocycles. The van der Waals surface area contributed by atoms with Crippen LogP contribution in [0.4, 0.5) is 4.39 Å². The minimum Gasteiger partial charge on any atom is -0.492 e. The summed E-state index contributed by atoms with van der Waals surface area (Å²) < 4.78 is 20.1. The van der Waals surface area contributed by atoms with Gasteiger partial charge in [-0.2, -0.15) is 0 Å². The molecule has 2 fully saturated rings. The molecule has 0 amide bonds. The molecule has 0 bridgehead atoms. The maximum absolute atomic E-state index is 13.6. The van der Waals surface area contributed by atoms with Gasteiger partial charge in [0.2, 0.25) is 0 Å². The maximum atomic E-state index is 13.6. The van der Waals surface area contributed by atoms with Crippen molar-refractivity contribution in [2.45, 2.75) is 37.6 Å². The number of hydrogen-bond acceptors (Lipinski definition) is 2. The van der Waals surface area contributed by atoms with Crippen molar-refractivity contribution in [2.75, 3.05) is 6.61 Å². The summed E-state index contributed by atoms with van der Waals surface area (Å²) in [5, 5.41) is 0. The van der Waals surface area contributed by atoms with Gasteiger partial charge < -0.3 is 10.5 Å². The van der Waals surface area contributed by atoms with E-state index in [4.69, 9.17) is 10.5 Å². The van der Waals surface area contributed by atoms with E-state index in [-0.39, 0.29) is 5.82 Å². The maximum Gasteiger partial charge on any atom is 0.138 e. The van der Waals surface area contributed by atoms with Gasteiger partial charge in [-0.25, -0.2) is 4.39 Å². The molecule has 1 aromatic rings. The molecule has 18 heavy (non-hydrogen) atoms. The molecule has 2 aliphatic rings. The highest BCUT2D eigenvalue weighted by molar-refractivity contribution is 9.10. The molecule has 2 saturated carbocycles. The lowest BCUT2D eigenvalue weighted by Crippen LogP contribution is -2.43. The van der Waals surface area contributed by atoms with Gasteiger partial charge in [0, 0.05) is 11.1 Å². The first-order valence-electron chi connectivity index (χ1n) is 6.50. The lowest BCUT2D eigenvalue weighted by Gasteiger charge is -2.39. The normalized spacial score (nSPS) is 21.5. The molecule has 0 heterocycles. The second kappa shape index (κ2) is 4.49. The van der Waals surface area contributed by atoms with Gasteiger partial charge in [-0.15, -0.1) is 0 Å². The first-order valence-corrected chi connectivity index (χ1v) is 7.29. The summed E-state index contributed by atoms with van der Waals surface area (Å²) in [5.41, 5.74) is 6.74. The standard InChI is InChI=1S/C14H17BrFNO/c15-12-7-10(16)6-11(14(17)4-1-5-14)13(12)18-8-9-2-3-9/h6-7,9H,1-5,8,17H2. The third kappa shape index (κ3) is 2.28. The number of halogens is 2. The SMILES string of the molecule is NC1(c2cc(F)cc(Br)c2OCC2CC2)CCC1. The fourth-order valence-electron chi connectivity index (χ4n) is 2.39. The van der Waals surface area contributed by atoms with Gasteiger partial charge in [0.15, 0.2) is 0 Å². The predicted octanol–water partition coefficient (Wildman–Crippen LogP) is 3.71. The smallest absolute Gasteiger partial charge is 0.138 e. The molecule has 3 rings (SSSR count). The monoisotopic (exact) mass is 313 g/mol. The summed E-state index contributed by atoms with van der Waals surface area (Å²) in [4.78, 5) is 0. The van der Waals surface area contributed by atoms with Crippen molar-refractivity contribution in [1.82, 2.24) is 0 Å². The Labute approximate surface area is 115 Å². The topological polar surface area (TPSA) is 35.2 Å². The van der Waals surface area contributed by atoms with E-state index in [0.29, 0.717) is 17.0 Å². The van der Waals surface area contributed by atoms with Crippen LogP contribution >= 0.6 is 15.9 Å². The van der Waals surface area contributed by atoms with E-state index in [1.165, 1.54) is 25.0 Å². The lowest BCUT2D eigenvalue weighted by atomic mass is 9.72. The van der Waals surface area contributed by atoms with Crippen LogP contribution in [0.25, 0.3) is 0 Å². The molecular formula is C14H17BrFNO. The van der Waals surface area contributed by atoms with Crippen molar-refractivity contribution < 1.29 is 9.13 Å². The Balaban J connectivity index is 1.92. The molecule has 4 heteroatoms. The summed E-state index contributed by atoms with van der Waals surface area (Å²) in [7, 11) is 0. The van der Waals surface area contributed by atoms with Crippen molar-refractivity contribution in [3.05, 3.63) is 28.0 Å². The van der Waals surface area contributed by atoms with Gasteiger partial charge in [0.1, 0.15) is 11.6 Å². The summed E-state index contributed by atoms with van der Waals surface area (Å²) in [6.45, 7) is 0.716. The van der Waals surface area contributed by atoms with Crippen LogP contribution in [0.5, 0.6) is 5.75 Å². The van der Waals surface area contributed by atoms with Crippen LogP contribution in [-0.2, 0) is 5.54 Å². The zero-order chi connectivity index (χ0) is 12.8. The minimum atomic E-state index is -0.399. The molecule has 0 unspecified atom stereocenters. The van der Waals surface area contributed by atoms with Crippen LogP contribution in [0.1, 0.15) is 37.7 Å². The molecule has 2 aliphatic carbocycles. The fraction of sp³-hybridized carbons (Fsp3) is 0.571. The molecule has 0 aliphatic heterocycles. The zero-order valence-corrected chi connectivity index (χ0v) is 11.8. The van der Waals surface area contributed by atoms with E-state index in [1.54, 1.807) is 0 Å². The zero-order valence-electron chi connectivity index (χ0n) is 10.2. The largest absolute Gasteiger partial charge is 0.492 e. The summed E-state index contributed by atoms with van der Waals surface area (Å²) >= 11 is 3.39. The summed E-state index contributed by atoms with van der Waals surface area (Å²) in [5.74, 6) is 1.16.